The van der Waals surface area contributed by atoms with Gasteiger partial charge < -0.3 is 10.1 Å². The number of pyridine rings is 1. The first kappa shape index (κ1) is 16.0. The van der Waals surface area contributed by atoms with Gasteiger partial charge in [0.15, 0.2) is 0 Å². The van der Waals surface area contributed by atoms with Crippen LogP contribution in [-0.4, -0.2) is 18.6 Å². The monoisotopic (exact) mass is 348 g/mol. The van der Waals surface area contributed by atoms with Gasteiger partial charge in [-0.2, -0.15) is 0 Å². The molecule has 1 aromatic carbocycles. The van der Waals surface area contributed by atoms with Crippen LogP contribution in [-0.2, 0) is 0 Å². The van der Waals surface area contributed by atoms with Crippen molar-refractivity contribution in [2.45, 2.75) is 26.3 Å². The number of hydrogen-bond donors (Lipinski definition) is 1. The fourth-order valence-corrected chi connectivity index (χ4v) is 2.98. The average molecular weight is 349 g/mol. The van der Waals surface area contributed by atoms with Crippen molar-refractivity contribution in [1.29, 1.82) is 0 Å². The van der Waals surface area contributed by atoms with Gasteiger partial charge in [0.2, 0.25) is 0 Å². The molecule has 0 aliphatic heterocycles. The first-order valence-corrected chi connectivity index (χ1v) is 7.92. The molecule has 1 heterocycles. The molecule has 1 unspecified atom stereocenters. The molecular formula is C17H21BrN2O. The van der Waals surface area contributed by atoms with Gasteiger partial charge in [-0.05, 0) is 54.8 Å². The summed E-state index contributed by atoms with van der Waals surface area (Å²) in [6.07, 6.45) is 4.71. The molecule has 0 amide bonds. The van der Waals surface area contributed by atoms with Crippen molar-refractivity contribution in [2.24, 2.45) is 0 Å². The summed E-state index contributed by atoms with van der Waals surface area (Å²) >= 11 is 3.58. The number of ether oxygens (including phenoxy) is 1. The molecule has 0 fully saturated rings. The van der Waals surface area contributed by atoms with Gasteiger partial charge in [-0.3, -0.25) is 4.98 Å². The third-order valence-electron chi connectivity index (χ3n) is 3.30. The standard InChI is InChI=1S/C17H21BrN2O/c1-4-5-20-17(13-6-12(2)7-15(18)8-13)14-9-16(21-3)11-19-10-14/h6-11,17,20H,4-5H2,1-3H3. The zero-order valence-corrected chi connectivity index (χ0v) is 14.3. The lowest BCUT2D eigenvalue weighted by atomic mass is 9.98. The van der Waals surface area contributed by atoms with Crippen molar-refractivity contribution in [3.05, 3.63) is 57.8 Å². The van der Waals surface area contributed by atoms with Gasteiger partial charge in [0.05, 0.1) is 19.3 Å². The molecule has 0 bridgehead atoms. The summed E-state index contributed by atoms with van der Waals surface area (Å²) in [4.78, 5) is 4.28. The molecule has 112 valence electrons. The first-order chi connectivity index (χ1) is 10.1. The molecule has 0 saturated heterocycles. The second kappa shape index (κ2) is 7.57. The molecule has 1 atom stereocenters. The number of hydrogen-bond acceptors (Lipinski definition) is 3. The fraction of sp³-hybridized carbons (Fsp3) is 0.353. The lowest BCUT2D eigenvalue weighted by molar-refractivity contribution is 0.411. The van der Waals surface area contributed by atoms with E-state index in [2.05, 4.69) is 58.3 Å². The van der Waals surface area contributed by atoms with Crippen molar-refractivity contribution in [2.75, 3.05) is 13.7 Å². The van der Waals surface area contributed by atoms with Gasteiger partial charge in [-0.25, -0.2) is 0 Å². The number of methoxy groups -OCH3 is 1. The Bertz CT molecular complexity index is 581. The van der Waals surface area contributed by atoms with E-state index in [4.69, 9.17) is 4.74 Å². The molecule has 0 saturated carbocycles. The van der Waals surface area contributed by atoms with E-state index in [1.165, 1.54) is 11.1 Å². The van der Waals surface area contributed by atoms with Crippen LogP contribution in [0.4, 0.5) is 0 Å². The second-order valence-electron chi connectivity index (χ2n) is 5.11. The van der Waals surface area contributed by atoms with Crippen LogP contribution in [0.1, 0.15) is 36.1 Å². The first-order valence-electron chi connectivity index (χ1n) is 7.13. The molecule has 1 N–H and O–H groups in total. The minimum absolute atomic E-state index is 0.115. The molecule has 0 spiro atoms. The van der Waals surface area contributed by atoms with Gasteiger partial charge in [0, 0.05) is 10.7 Å². The highest BCUT2D eigenvalue weighted by atomic mass is 79.9. The topological polar surface area (TPSA) is 34.2 Å². The molecule has 3 nitrogen and oxygen atoms in total. The number of halogens is 1. The van der Waals surface area contributed by atoms with Gasteiger partial charge in [-0.15, -0.1) is 0 Å². The number of nitrogens with zero attached hydrogens (tertiary/aromatic N) is 1. The number of benzene rings is 1. The normalized spacial score (nSPS) is 12.2. The summed E-state index contributed by atoms with van der Waals surface area (Å²) in [5.41, 5.74) is 3.57. The van der Waals surface area contributed by atoms with E-state index >= 15 is 0 Å². The Hall–Kier alpha value is -1.39. The predicted octanol–water partition coefficient (Wildman–Crippen LogP) is 4.25. The molecule has 4 heteroatoms. The van der Waals surface area contributed by atoms with Crippen LogP contribution in [0.15, 0.2) is 41.1 Å². The van der Waals surface area contributed by atoms with Crippen molar-refractivity contribution < 1.29 is 4.74 Å². The second-order valence-corrected chi connectivity index (χ2v) is 6.02. The minimum atomic E-state index is 0.115. The van der Waals surface area contributed by atoms with E-state index in [-0.39, 0.29) is 6.04 Å². The Kier molecular flexibility index (Phi) is 5.76. The lowest BCUT2D eigenvalue weighted by Crippen LogP contribution is -2.23. The fourth-order valence-electron chi connectivity index (χ4n) is 2.35. The van der Waals surface area contributed by atoms with Crippen molar-refractivity contribution >= 4 is 15.9 Å². The van der Waals surface area contributed by atoms with E-state index in [1.54, 1.807) is 13.3 Å². The van der Waals surface area contributed by atoms with Crippen LogP contribution >= 0.6 is 15.9 Å². The van der Waals surface area contributed by atoms with Gasteiger partial charge in [-0.1, -0.05) is 28.9 Å². The van der Waals surface area contributed by atoms with Crippen LogP contribution in [0.5, 0.6) is 5.75 Å². The zero-order valence-electron chi connectivity index (χ0n) is 12.7. The van der Waals surface area contributed by atoms with Gasteiger partial charge in [0.25, 0.3) is 0 Å². The molecule has 0 radical (unpaired) electrons. The average Bonchev–Trinajstić information content (AvgIpc) is 2.47. The highest BCUT2D eigenvalue weighted by molar-refractivity contribution is 9.10. The summed E-state index contributed by atoms with van der Waals surface area (Å²) in [5.74, 6) is 0.780. The van der Waals surface area contributed by atoms with Crippen LogP contribution in [0.2, 0.25) is 0 Å². The highest BCUT2D eigenvalue weighted by Crippen LogP contribution is 2.27. The number of aryl methyl sites for hydroxylation is 1. The predicted molar refractivity (Wildman–Crippen MR) is 89.8 cm³/mol. The van der Waals surface area contributed by atoms with E-state index in [9.17, 15) is 0 Å². The number of aromatic nitrogens is 1. The molecule has 21 heavy (non-hydrogen) atoms. The Morgan fingerprint density at radius 1 is 1.19 bits per heavy atom. The van der Waals surface area contributed by atoms with E-state index in [1.807, 2.05) is 12.3 Å². The molecule has 2 rings (SSSR count). The minimum Gasteiger partial charge on any atom is -0.495 e. The van der Waals surface area contributed by atoms with Crippen molar-refractivity contribution in [3.8, 4) is 5.75 Å². The summed E-state index contributed by atoms with van der Waals surface area (Å²) in [7, 11) is 1.67. The maximum atomic E-state index is 5.29. The highest BCUT2D eigenvalue weighted by Gasteiger charge is 2.15. The van der Waals surface area contributed by atoms with Gasteiger partial charge >= 0.3 is 0 Å². The van der Waals surface area contributed by atoms with Crippen LogP contribution in [0.25, 0.3) is 0 Å². The maximum absolute atomic E-state index is 5.29. The molecule has 1 aromatic heterocycles. The molecular weight excluding hydrogens is 328 g/mol. The van der Waals surface area contributed by atoms with Gasteiger partial charge in [0.1, 0.15) is 5.75 Å². The van der Waals surface area contributed by atoms with E-state index < -0.39 is 0 Å². The maximum Gasteiger partial charge on any atom is 0.137 e. The summed E-state index contributed by atoms with van der Waals surface area (Å²) in [6.45, 7) is 5.22. The molecule has 2 aromatic rings. The van der Waals surface area contributed by atoms with E-state index in [0.717, 1.165) is 28.8 Å². The quantitative estimate of drug-likeness (QED) is 0.847. The lowest BCUT2D eigenvalue weighted by Gasteiger charge is -2.20. The van der Waals surface area contributed by atoms with E-state index in [0.29, 0.717) is 0 Å². The van der Waals surface area contributed by atoms with Crippen LogP contribution in [0.3, 0.4) is 0 Å². The summed E-state index contributed by atoms with van der Waals surface area (Å²) in [5, 5.41) is 3.59. The number of nitrogens with one attached hydrogen (secondary N) is 1. The van der Waals surface area contributed by atoms with Crippen molar-refractivity contribution in [3.63, 3.8) is 0 Å². The third kappa shape index (κ3) is 4.29. The Labute approximate surface area is 134 Å². The SMILES string of the molecule is CCCNC(c1cc(C)cc(Br)c1)c1cncc(OC)c1. The summed E-state index contributed by atoms with van der Waals surface area (Å²) in [6, 6.07) is 8.63. The Morgan fingerprint density at radius 3 is 2.67 bits per heavy atom. The van der Waals surface area contributed by atoms with Crippen molar-refractivity contribution in [1.82, 2.24) is 10.3 Å². The van der Waals surface area contributed by atoms with Crippen LogP contribution < -0.4 is 10.1 Å². The molecule has 0 aliphatic carbocycles. The Balaban J connectivity index is 2.41. The molecule has 0 aliphatic rings. The number of rotatable bonds is 6. The Morgan fingerprint density at radius 2 is 2.00 bits per heavy atom. The largest absolute Gasteiger partial charge is 0.495 e. The third-order valence-corrected chi connectivity index (χ3v) is 3.76. The zero-order chi connectivity index (χ0) is 15.2. The summed E-state index contributed by atoms with van der Waals surface area (Å²) < 4.78 is 6.39. The smallest absolute Gasteiger partial charge is 0.137 e. The van der Waals surface area contributed by atoms with Crippen LogP contribution in [0, 0.1) is 6.92 Å².